The Morgan fingerprint density at radius 2 is 2.17 bits per heavy atom. The number of carbonyl (C=O) groups is 1. The molecule has 68 valence electrons. The summed E-state index contributed by atoms with van der Waals surface area (Å²) in [6, 6.07) is 0. The van der Waals surface area contributed by atoms with Gasteiger partial charge in [0.15, 0.2) is 0 Å². The Labute approximate surface area is 76.9 Å². The molecule has 2 fully saturated rings. The van der Waals surface area contributed by atoms with Crippen LogP contribution in [0.2, 0.25) is 0 Å². The number of amides is 1. The van der Waals surface area contributed by atoms with Gasteiger partial charge >= 0.3 is 0 Å². The van der Waals surface area contributed by atoms with Gasteiger partial charge in [-0.1, -0.05) is 0 Å². The summed E-state index contributed by atoms with van der Waals surface area (Å²) in [6.45, 7) is 3.04. The van der Waals surface area contributed by atoms with Gasteiger partial charge in [0.1, 0.15) is 0 Å². The smallest absolute Gasteiger partial charge is 0.210 e. The molecule has 2 rings (SSSR count). The van der Waals surface area contributed by atoms with Crippen LogP contribution in [-0.2, 0) is 4.79 Å². The third-order valence-corrected chi connectivity index (χ3v) is 4.31. The lowest BCUT2D eigenvalue weighted by Gasteiger charge is -2.38. The van der Waals surface area contributed by atoms with E-state index >= 15 is 0 Å². The summed E-state index contributed by atoms with van der Waals surface area (Å²) in [6.07, 6.45) is 3.23. The first-order valence-electron chi connectivity index (χ1n) is 4.44. The van der Waals surface area contributed by atoms with E-state index in [1.165, 1.54) is 0 Å². The van der Waals surface area contributed by atoms with E-state index < -0.39 is 0 Å². The predicted molar refractivity (Wildman–Crippen MR) is 50.1 cm³/mol. The summed E-state index contributed by atoms with van der Waals surface area (Å²) in [7, 11) is 0. The summed E-state index contributed by atoms with van der Waals surface area (Å²) in [5.74, 6) is 1.11. The maximum Gasteiger partial charge on any atom is 0.210 e. The van der Waals surface area contributed by atoms with Crippen molar-refractivity contribution in [1.29, 1.82) is 0 Å². The topological polar surface area (TPSA) is 32.3 Å². The van der Waals surface area contributed by atoms with Gasteiger partial charge < -0.3 is 10.2 Å². The lowest BCUT2D eigenvalue weighted by atomic mass is 10.0. The SMILES string of the molecule is O=CN1CCSC12CCNCC2. The van der Waals surface area contributed by atoms with Crippen molar-refractivity contribution in [2.45, 2.75) is 17.7 Å². The van der Waals surface area contributed by atoms with Crippen molar-refractivity contribution in [2.24, 2.45) is 0 Å². The molecule has 0 aromatic rings. The first-order valence-corrected chi connectivity index (χ1v) is 5.43. The highest BCUT2D eigenvalue weighted by Gasteiger charge is 2.41. The second kappa shape index (κ2) is 3.26. The minimum Gasteiger partial charge on any atom is -0.330 e. The van der Waals surface area contributed by atoms with Crippen molar-refractivity contribution in [2.75, 3.05) is 25.4 Å². The number of rotatable bonds is 1. The molecule has 0 aliphatic carbocycles. The zero-order valence-corrected chi connectivity index (χ0v) is 7.90. The molecule has 2 aliphatic heterocycles. The number of carbonyl (C=O) groups excluding carboxylic acids is 1. The van der Waals surface area contributed by atoms with E-state index in [4.69, 9.17) is 0 Å². The molecule has 3 nitrogen and oxygen atoms in total. The van der Waals surface area contributed by atoms with Crippen molar-refractivity contribution >= 4 is 18.2 Å². The number of nitrogens with zero attached hydrogens (tertiary/aromatic N) is 1. The molecular weight excluding hydrogens is 172 g/mol. The molecule has 2 heterocycles. The Kier molecular flexibility index (Phi) is 2.28. The maximum absolute atomic E-state index is 10.8. The Bertz CT molecular complexity index is 180. The summed E-state index contributed by atoms with van der Waals surface area (Å²) >= 11 is 1.95. The molecule has 1 spiro atoms. The third-order valence-electron chi connectivity index (χ3n) is 2.74. The summed E-state index contributed by atoms with van der Waals surface area (Å²) in [5, 5.41) is 3.32. The maximum atomic E-state index is 10.8. The van der Waals surface area contributed by atoms with Gasteiger partial charge in [0.25, 0.3) is 0 Å². The molecule has 0 atom stereocenters. The number of nitrogens with one attached hydrogen (secondary N) is 1. The fourth-order valence-corrected chi connectivity index (χ4v) is 3.48. The van der Waals surface area contributed by atoms with Crippen LogP contribution in [0.15, 0.2) is 0 Å². The second-order valence-corrected chi connectivity index (χ2v) is 4.80. The largest absolute Gasteiger partial charge is 0.330 e. The van der Waals surface area contributed by atoms with E-state index in [0.29, 0.717) is 0 Å². The van der Waals surface area contributed by atoms with Gasteiger partial charge in [-0.05, 0) is 25.9 Å². The highest BCUT2D eigenvalue weighted by atomic mass is 32.2. The molecule has 1 amide bonds. The Hall–Kier alpha value is -0.220. The summed E-state index contributed by atoms with van der Waals surface area (Å²) in [4.78, 5) is 12.9. The van der Waals surface area contributed by atoms with Crippen LogP contribution in [0.25, 0.3) is 0 Å². The van der Waals surface area contributed by atoms with Gasteiger partial charge in [0.2, 0.25) is 6.41 Å². The van der Waals surface area contributed by atoms with Crippen LogP contribution in [0, 0.1) is 0 Å². The average Bonchev–Trinajstić information content (AvgIpc) is 2.49. The lowest BCUT2D eigenvalue weighted by Crippen LogP contribution is -2.48. The first kappa shape index (κ1) is 8.38. The van der Waals surface area contributed by atoms with Gasteiger partial charge in [-0.3, -0.25) is 4.79 Å². The molecule has 2 aliphatic rings. The Morgan fingerprint density at radius 3 is 2.83 bits per heavy atom. The van der Waals surface area contributed by atoms with Crippen molar-refractivity contribution in [3.8, 4) is 0 Å². The molecular formula is C8H14N2OS. The molecule has 0 aromatic heterocycles. The van der Waals surface area contributed by atoms with Gasteiger partial charge in [0.05, 0.1) is 4.87 Å². The fraction of sp³-hybridized carbons (Fsp3) is 0.875. The predicted octanol–water partition coefficient (Wildman–Crippen LogP) is 0.271. The zero-order chi connectivity index (χ0) is 8.44. The van der Waals surface area contributed by atoms with Gasteiger partial charge in [-0.2, -0.15) is 0 Å². The quantitative estimate of drug-likeness (QED) is 0.597. The minimum absolute atomic E-state index is 0.160. The molecule has 1 N–H and O–H groups in total. The van der Waals surface area contributed by atoms with Crippen LogP contribution in [-0.4, -0.2) is 41.6 Å². The van der Waals surface area contributed by atoms with Gasteiger partial charge in [-0.25, -0.2) is 0 Å². The number of thioether (sulfide) groups is 1. The molecule has 0 aromatic carbocycles. The standard InChI is InChI=1S/C8H14N2OS/c11-7-10-5-6-12-8(10)1-3-9-4-2-8/h7,9H,1-6H2. The van der Waals surface area contributed by atoms with Crippen LogP contribution >= 0.6 is 11.8 Å². The molecule has 12 heavy (non-hydrogen) atoms. The highest BCUT2D eigenvalue weighted by Crippen LogP contribution is 2.41. The number of hydrogen-bond donors (Lipinski definition) is 1. The first-order chi connectivity index (χ1) is 5.87. The monoisotopic (exact) mass is 186 g/mol. The average molecular weight is 186 g/mol. The second-order valence-electron chi connectivity index (χ2n) is 3.34. The molecule has 0 radical (unpaired) electrons. The molecule has 2 saturated heterocycles. The fourth-order valence-electron chi connectivity index (χ4n) is 2.02. The van der Waals surface area contributed by atoms with Crippen LogP contribution in [0.3, 0.4) is 0 Å². The van der Waals surface area contributed by atoms with Crippen LogP contribution < -0.4 is 5.32 Å². The van der Waals surface area contributed by atoms with Crippen molar-refractivity contribution in [1.82, 2.24) is 10.2 Å². The van der Waals surface area contributed by atoms with Crippen molar-refractivity contribution in [3.05, 3.63) is 0 Å². The van der Waals surface area contributed by atoms with Crippen LogP contribution in [0.1, 0.15) is 12.8 Å². The van der Waals surface area contributed by atoms with Gasteiger partial charge in [0, 0.05) is 12.3 Å². The summed E-state index contributed by atoms with van der Waals surface area (Å²) in [5.41, 5.74) is 0. The van der Waals surface area contributed by atoms with E-state index in [0.717, 1.165) is 44.6 Å². The highest BCUT2D eigenvalue weighted by molar-refractivity contribution is 8.00. The Balaban J connectivity index is 2.10. The van der Waals surface area contributed by atoms with E-state index in [1.54, 1.807) is 0 Å². The normalized spacial score (nSPS) is 27.8. The van der Waals surface area contributed by atoms with Crippen LogP contribution in [0.5, 0.6) is 0 Å². The molecule has 0 bridgehead atoms. The van der Waals surface area contributed by atoms with E-state index in [-0.39, 0.29) is 4.87 Å². The Morgan fingerprint density at radius 1 is 1.42 bits per heavy atom. The zero-order valence-electron chi connectivity index (χ0n) is 7.08. The number of hydrogen-bond acceptors (Lipinski definition) is 3. The van der Waals surface area contributed by atoms with Crippen molar-refractivity contribution in [3.63, 3.8) is 0 Å². The van der Waals surface area contributed by atoms with E-state index in [1.807, 2.05) is 16.7 Å². The van der Waals surface area contributed by atoms with Crippen LogP contribution in [0.4, 0.5) is 0 Å². The molecule has 4 heteroatoms. The van der Waals surface area contributed by atoms with Gasteiger partial charge in [-0.15, -0.1) is 11.8 Å². The van der Waals surface area contributed by atoms with E-state index in [9.17, 15) is 4.79 Å². The summed E-state index contributed by atoms with van der Waals surface area (Å²) < 4.78 is 0. The lowest BCUT2D eigenvalue weighted by molar-refractivity contribution is -0.120. The minimum atomic E-state index is 0.160. The number of piperidine rings is 1. The van der Waals surface area contributed by atoms with Crippen molar-refractivity contribution < 1.29 is 4.79 Å². The molecule has 0 unspecified atom stereocenters. The van der Waals surface area contributed by atoms with E-state index in [2.05, 4.69) is 5.32 Å². The third kappa shape index (κ3) is 1.23. The molecule has 0 saturated carbocycles.